The van der Waals surface area contributed by atoms with Crippen molar-refractivity contribution in [2.24, 2.45) is 0 Å². The van der Waals surface area contributed by atoms with Crippen LogP contribution in [0.5, 0.6) is 11.5 Å². The van der Waals surface area contributed by atoms with Crippen LogP contribution in [0.3, 0.4) is 0 Å². The van der Waals surface area contributed by atoms with E-state index in [0.29, 0.717) is 23.6 Å². The summed E-state index contributed by atoms with van der Waals surface area (Å²) in [5.41, 5.74) is 0.543. The summed E-state index contributed by atoms with van der Waals surface area (Å²) in [5, 5.41) is 2.93. The molecule has 20 heavy (non-hydrogen) atoms. The maximum Gasteiger partial charge on any atom is 0.255 e. The lowest BCUT2D eigenvalue weighted by Crippen LogP contribution is -2.24. The van der Waals surface area contributed by atoms with E-state index in [4.69, 9.17) is 9.47 Å². The molecule has 4 nitrogen and oxygen atoms in total. The number of unbranched alkanes of at least 4 members (excludes halogenated alkanes) is 4. The van der Waals surface area contributed by atoms with Crippen molar-refractivity contribution in [3.8, 4) is 11.5 Å². The number of hydrogen-bond donors (Lipinski definition) is 1. The molecule has 0 aromatic heterocycles. The Hall–Kier alpha value is -1.71. The highest BCUT2D eigenvalue weighted by Gasteiger charge is 2.12. The van der Waals surface area contributed by atoms with Crippen LogP contribution in [-0.2, 0) is 0 Å². The summed E-state index contributed by atoms with van der Waals surface area (Å²) in [5.74, 6) is 1.12. The van der Waals surface area contributed by atoms with Crippen molar-refractivity contribution in [2.45, 2.75) is 39.0 Å². The van der Waals surface area contributed by atoms with Gasteiger partial charge in [0, 0.05) is 12.6 Å². The summed E-state index contributed by atoms with van der Waals surface area (Å²) in [4.78, 5) is 12.1. The van der Waals surface area contributed by atoms with Gasteiger partial charge in [0.05, 0.1) is 19.8 Å². The molecule has 112 valence electrons. The van der Waals surface area contributed by atoms with Crippen molar-refractivity contribution in [1.82, 2.24) is 5.32 Å². The third-order valence-corrected chi connectivity index (χ3v) is 3.22. The van der Waals surface area contributed by atoms with E-state index in [1.165, 1.54) is 19.3 Å². The highest BCUT2D eigenvalue weighted by Crippen LogP contribution is 2.24. The molecule has 1 aromatic carbocycles. The summed E-state index contributed by atoms with van der Waals surface area (Å²) in [6, 6.07) is 5.21. The summed E-state index contributed by atoms with van der Waals surface area (Å²) in [6.45, 7) is 2.90. The maximum absolute atomic E-state index is 12.1. The fourth-order valence-corrected chi connectivity index (χ4v) is 2.01. The molecule has 0 aliphatic heterocycles. The van der Waals surface area contributed by atoms with Crippen LogP contribution in [0.2, 0.25) is 0 Å². The molecule has 0 aliphatic rings. The Labute approximate surface area is 121 Å². The Morgan fingerprint density at radius 2 is 1.85 bits per heavy atom. The molecule has 0 fully saturated rings. The van der Waals surface area contributed by atoms with E-state index in [0.717, 1.165) is 12.8 Å². The van der Waals surface area contributed by atoms with Crippen molar-refractivity contribution in [3.05, 3.63) is 23.8 Å². The monoisotopic (exact) mass is 279 g/mol. The van der Waals surface area contributed by atoms with Crippen molar-refractivity contribution in [3.63, 3.8) is 0 Å². The second kappa shape index (κ2) is 9.23. The van der Waals surface area contributed by atoms with Crippen molar-refractivity contribution >= 4 is 5.91 Å². The molecule has 1 N–H and O–H groups in total. The van der Waals surface area contributed by atoms with Gasteiger partial charge in [-0.2, -0.15) is 0 Å². The van der Waals surface area contributed by atoms with Gasteiger partial charge >= 0.3 is 0 Å². The lowest BCUT2D eigenvalue weighted by atomic mass is 10.1. The van der Waals surface area contributed by atoms with Crippen LogP contribution in [0.15, 0.2) is 18.2 Å². The predicted octanol–water partition coefficient (Wildman–Crippen LogP) is 3.40. The van der Waals surface area contributed by atoms with E-state index in [2.05, 4.69) is 12.2 Å². The second-order valence-corrected chi connectivity index (χ2v) is 4.74. The van der Waals surface area contributed by atoms with Gasteiger partial charge in [-0.15, -0.1) is 0 Å². The number of hydrogen-bond acceptors (Lipinski definition) is 3. The molecule has 0 atom stereocenters. The van der Waals surface area contributed by atoms with E-state index in [-0.39, 0.29) is 5.91 Å². The molecular formula is C16H25NO3. The molecule has 0 saturated carbocycles. The number of nitrogens with one attached hydrogen (secondary N) is 1. The van der Waals surface area contributed by atoms with E-state index in [1.807, 2.05) is 0 Å². The summed E-state index contributed by atoms with van der Waals surface area (Å²) in [6.07, 6.45) is 5.91. The van der Waals surface area contributed by atoms with Gasteiger partial charge in [0.15, 0.2) is 0 Å². The Bertz CT molecular complexity index is 418. The van der Waals surface area contributed by atoms with Crippen molar-refractivity contribution in [2.75, 3.05) is 20.8 Å². The lowest BCUT2D eigenvalue weighted by Gasteiger charge is -2.10. The smallest absolute Gasteiger partial charge is 0.255 e. The first kappa shape index (κ1) is 16.3. The molecule has 1 aromatic rings. The van der Waals surface area contributed by atoms with Gasteiger partial charge in [0.1, 0.15) is 11.5 Å². The number of carbonyl (C=O) groups excluding carboxylic acids is 1. The average Bonchev–Trinajstić information content (AvgIpc) is 2.49. The SMILES string of the molecule is CCCCCCCNC(=O)c1ccc(OC)cc1OC. The maximum atomic E-state index is 12.1. The minimum atomic E-state index is -0.0972. The zero-order valence-electron chi connectivity index (χ0n) is 12.7. The van der Waals surface area contributed by atoms with Crippen LogP contribution < -0.4 is 14.8 Å². The van der Waals surface area contributed by atoms with E-state index < -0.39 is 0 Å². The second-order valence-electron chi connectivity index (χ2n) is 4.74. The highest BCUT2D eigenvalue weighted by molar-refractivity contribution is 5.97. The Morgan fingerprint density at radius 1 is 1.10 bits per heavy atom. The third-order valence-electron chi connectivity index (χ3n) is 3.22. The van der Waals surface area contributed by atoms with Gasteiger partial charge in [0.2, 0.25) is 0 Å². The van der Waals surface area contributed by atoms with Gasteiger partial charge < -0.3 is 14.8 Å². The minimum absolute atomic E-state index is 0.0972. The van der Waals surface area contributed by atoms with E-state index in [1.54, 1.807) is 32.4 Å². The Balaban J connectivity index is 2.46. The molecule has 0 aliphatic carbocycles. The molecule has 1 rings (SSSR count). The zero-order valence-corrected chi connectivity index (χ0v) is 12.7. The first-order valence-corrected chi connectivity index (χ1v) is 7.23. The van der Waals surface area contributed by atoms with Crippen LogP contribution in [0, 0.1) is 0 Å². The van der Waals surface area contributed by atoms with Gasteiger partial charge in [-0.3, -0.25) is 4.79 Å². The molecule has 0 spiro atoms. The number of amides is 1. The standard InChI is InChI=1S/C16H25NO3/c1-4-5-6-7-8-11-17-16(18)14-10-9-13(19-2)12-15(14)20-3/h9-10,12H,4-8,11H2,1-3H3,(H,17,18). The largest absolute Gasteiger partial charge is 0.497 e. The molecule has 4 heteroatoms. The van der Waals surface area contributed by atoms with Crippen LogP contribution >= 0.6 is 0 Å². The summed E-state index contributed by atoms with van der Waals surface area (Å²) < 4.78 is 10.3. The molecule has 0 unspecified atom stereocenters. The predicted molar refractivity (Wildman–Crippen MR) is 80.6 cm³/mol. The zero-order chi connectivity index (χ0) is 14.8. The fourth-order valence-electron chi connectivity index (χ4n) is 2.01. The highest BCUT2D eigenvalue weighted by atomic mass is 16.5. The summed E-state index contributed by atoms with van der Waals surface area (Å²) >= 11 is 0. The number of methoxy groups -OCH3 is 2. The van der Waals surface area contributed by atoms with E-state index >= 15 is 0 Å². The van der Waals surface area contributed by atoms with Crippen LogP contribution in [0.4, 0.5) is 0 Å². The molecule has 0 radical (unpaired) electrons. The number of benzene rings is 1. The summed E-state index contributed by atoms with van der Waals surface area (Å²) in [7, 11) is 3.14. The first-order chi connectivity index (χ1) is 9.72. The van der Waals surface area contributed by atoms with E-state index in [9.17, 15) is 4.79 Å². The quantitative estimate of drug-likeness (QED) is 0.705. The number of ether oxygens (including phenoxy) is 2. The Morgan fingerprint density at radius 3 is 2.50 bits per heavy atom. The van der Waals surface area contributed by atoms with Gasteiger partial charge in [-0.25, -0.2) is 0 Å². The number of rotatable bonds is 9. The molecular weight excluding hydrogens is 254 g/mol. The van der Waals surface area contributed by atoms with Crippen LogP contribution in [-0.4, -0.2) is 26.7 Å². The third kappa shape index (κ3) is 5.11. The lowest BCUT2D eigenvalue weighted by molar-refractivity contribution is 0.0950. The van der Waals surface area contributed by atoms with Crippen LogP contribution in [0.1, 0.15) is 49.4 Å². The van der Waals surface area contributed by atoms with Crippen LogP contribution in [0.25, 0.3) is 0 Å². The normalized spacial score (nSPS) is 10.2. The molecule has 0 heterocycles. The van der Waals surface area contributed by atoms with Gasteiger partial charge in [-0.1, -0.05) is 32.6 Å². The minimum Gasteiger partial charge on any atom is -0.497 e. The Kier molecular flexibility index (Phi) is 7.55. The van der Waals surface area contributed by atoms with Crippen molar-refractivity contribution < 1.29 is 14.3 Å². The molecule has 0 saturated heterocycles. The molecule has 0 bridgehead atoms. The number of carbonyl (C=O) groups is 1. The average molecular weight is 279 g/mol. The van der Waals surface area contributed by atoms with Crippen molar-refractivity contribution in [1.29, 1.82) is 0 Å². The molecule has 1 amide bonds. The van der Waals surface area contributed by atoms with Gasteiger partial charge in [-0.05, 0) is 18.6 Å². The first-order valence-electron chi connectivity index (χ1n) is 7.23. The fraction of sp³-hybridized carbons (Fsp3) is 0.562. The van der Waals surface area contributed by atoms with Gasteiger partial charge in [0.25, 0.3) is 5.91 Å². The topological polar surface area (TPSA) is 47.6 Å².